The van der Waals surface area contributed by atoms with E-state index in [0.29, 0.717) is 23.6 Å². The molecule has 4 aromatic rings. The molecule has 5 rings (SSSR count). The molecule has 0 unspecified atom stereocenters. The second-order valence-electron chi connectivity index (χ2n) is 6.55. The second-order valence-corrected chi connectivity index (χ2v) is 7.53. The number of hydrogen-bond donors (Lipinski definition) is 0. The zero-order chi connectivity index (χ0) is 18.4. The number of rotatable bonds is 3. The molecule has 134 valence electrons. The van der Waals surface area contributed by atoms with Gasteiger partial charge in [0.15, 0.2) is 11.6 Å². The number of aromatic nitrogens is 4. The van der Waals surface area contributed by atoms with Crippen molar-refractivity contribution < 1.29 is 9.53 Å². The smallest absolute Gasteiger partial charge is 0.252 e. The van der Waals surface area contributed by atoms with Crippen molar-refractivity contribution in [1.29, 1.82) is 0 Å². The lowest BCUT2D eigenvalue weighted by molar-refractivity contribution is 0.0963. The second kappa shape index (κ2) is 6.28. The van der Waals surface area contributed by atoms with Crippen LogP contribution in [0.15, 0.2) is 48.0 Å². The third-order valence-electron chi connectivity index (χ3n) is 4.88. The Kier molecular flexibility index (Phi) is 3.75. The fourth-order valence-electron chi connectivity index (χ4n) is 3.47. The van der Waals surface area contributed by atoms with Crippen molar-refractivity contribution in [2.75, 3.05) is 7.11 Å². The highest BCUT2D eigenvalue weighted by atomic mass is 32.1. The molecule has 0 saturated heterocycles. The minimum atomic E-state index is 0.116. The van der Waals surface area contributed by atoms with Crippen molar-refractivity contribution in [2.45, 2.75) is 18.8 Å². The van der Waals surface area contributed by atoms with Gasteiger partial charge >= 0.3 is 0 Å². The number of ether oxygens (including phenoxy) is 1. The van der Waals surface area contributed by atoms with Crippen LogP contribution in [-0.4, -0.2) is 32.5 Å². The molecule has 0 N–H and O–H groups in total. The summed E-state index contributed by atoms with van der Waals surface area (Å²) in [5, 5.41) is 6.55. The number of Topliss-reactive ketones (excluding diaryl/α,β-unsaturated/α-hetero) is 1. The predicted octanol–water partition coefficient (Wildman–Crippen LogP) is 3.77. The topological polar surface area (TPSA) is 69.4 Å². The lowest BCUT2D eigenvalue weighted by Gasteiger charge is -2.21. The summed E-state index contributed by atoms with van der Waals surface area (Å²) in [4.78, 5) is 23.1. The summed E-state index contributed by atoms with van der Waals surface area (Å²) < 4.78 is 6.79. The fraction of sp³-hybridized carbons (Fsp3) is 0.200. The van der Waals surface area contributed by atoms with Gasteiger partial charge < -0.3 is 4.74 Å². The van der Waals surface area contributed by atoms with Gasteiger partial charge in [-0.2, -0.15) is 4.98 Å². The molecule has 1 aliphatic carbocycles. The largest absolute Gasteiger partial charge is 0.497 e. The first-order valence-corrected chi connectivity index (χ1v) is 9.56. The Morgan fingerprint density at radius 3 is 2.74 bits per heavy atom. The van der Waals surface area contributed by atoms with Crippen molar-refractivity contribution >= 4 is 22.9 Å². The van der Waals surface area contributed by atoms with E-state index in [1.54, 1.807) is 29.2 Å². The summed E-state index contributed by atoms with van der Waals surface area (Å²) in [6.07, 6.45) is 3.04. The Balaban J connectivity index is 1.54. The highest BCUT2D eigenvalue weighted by molar-refractivity contribution is 7.10. The number of fused-ring (bicyclic) bond motifs is 2. The van der Waals surface area contributed by atoms with Crippen LogP contribution >= 0.6 is 11.3 Å². The molecule has 7 heteroatoms. The first-order valence-electron chi connectivity index (χ1n) is 8.68. The molecule has 1 aromatic carbocycles. The normalized spacial score (nSPS) is 16.5. The van der Waals surface area contributed by atoms with Crippen LogP contribution in [0.2, 0.25) is 0 Å². The molecule has 3 heterocycles. The van der Waals surface area contributed by atoms with Crippen molar-refractivity contribution in [1.82, 2.24) is 19.6 Å². The first kappa shape index (κ1) is 16.1. The van der Waals surface area contributed by atoms with E-state index in [1.165, 1.54) is 4.88 Å². The Hall–Kier alpha value is -3.06. The molecule has 27 heavy (non-hydrogen) atoms. The number of hydrogen-bond acceptors (Lipinski definition) is 6. The van der Waals surface area contributed by atoms with Crippen LogP contribution in [-0.2, 0) is 6.42 Å². The van der Waals surface area contributed by atoms with E-state index < -0.39 is 0 Å². The van der Waals surface area contributed by atoms with E-state index in [2.05, 4.69) is 21.1 Å². The van der Waals surface area contributed by atoms with Crippen LogP contribution in [0.4, 0.5) is 0 Å². The average molecular weight is 376 g/mol. The predicted molar refractivity (Wildman–Crippen MR) is 102 cm³/mol. The number of thiophene rings is 1. The van der Waals surface area contributed by atoms with Crippen LogP contribution < -0.4 is 4.74 Å². The van der Waals surface area contributed by atoms with Gasteiger partial charge in [-0.25, -0.2) is 9.50 Å². The lowest BCUT2D eigenvalue weighted by atomic mass is 9.86. The molecule has 0 fully saturated rings. The van der Waals surface area contributed by atoms with Gasteiger partial charge in [0, 0.05) is 29.0 Å². The van der Waals surface area contributed by atoms with Crippen LogP contribution in [0.3, 0.4) is 0 Å². The van der Waals surface area contributed by atoms with E-state index in [9.17, 15) is 4.79 Å². The number of carbonyl (C=O) groups excluding carboxylic acids is 1. The molecule has 1 aliphatic rings. The maximum atomic E-state index is 12.7. The number of nitrogens with zero attached hydrogens (tertiary/aromatic N) is 4. The summed E-state index contributed by atoms with van der Waals surface area (Å²) in [5.74, 6) is 2.18. The molecule has 6 nitrogen and oxygen atoms in total. The third kappa shape index (κ3) is 2.80. The summed E-state index contributed by atoms with van der Waals surface area (Å²) in [6.45, 7) is 0. The molecule has 0 aliphatic heterocycles. The van der Waals surface area contributed by atoms with Crippen molar-refractivity contribution in [3.63, 3.8) is 0 Å². The first-order chi connectivity index (χ1) is 13.2. The zero-order valence-corrected chi connectivity index (χ0v) is 15.4. The minimum Gasteiger partial charge on any atom is -0.497 e. The van der Waals surface area contributed by atoms with Gasteiger partial charge in [0.1, 0.15) is 5.75 Å². The maximum absolute atomic E-state index is 12.7. The van der Waals surface area contributed by atoms with E-state index in [-0.39, 0.29) is 11.7 Å². The SMILES string of the molecule is COc1ccc(-c2nc3nc4c(cn3n2)C(=O)C[C@H](c2cccs2)C4)cc1. The molecule has 0 saturated carbocycles. The van der Waals surface area contributed by atoms with Crippen LogP contribution in [0.5, 0.6) is 5.75 Å². The number of carbonyl (C=O) groups is 1. The Morgan fingerprint density at radius 1 is 1.15 bits per heavy atom. The van der Waals surface area contributed by atoms with Gasteiger partial charge in [-0.15, -0.1) is 16.4 Å². The van der Waals surface area contributed by atoms with Gasteiger partial charge in [-0.1, -0.05) is 6.07 Å². The highest BCUT2D eigenvalue weighted by Gasteiger charge is 2.29. The number of methoxy groups -OCH3 is 1. The van der Waals surface area contributed by atoms with Crippen molar-refractivity contribution in [3.8, 4) is 17.1 Å². The summed E-state index contributed by atoms with van der Waals surface area (Å²) in [7, 11) is 1.63. The molecular formula is C20H16N4O2S. The number of ketones is 1. The Morgan fingerprint density at radius 2 is 2.00 bits per heavy atom. The molecule has 3 aromatic heterocycles. The molecule has 1 atom stereocenters. The fourth-order valence-corrected chi connectivity index (χ4v) is 4.30. The van der Waals surface area contributed by atoms with Gasteiger partial charge in [-0.05, 0) is 42.1 Å². The van der Waals surface area contributed by atoms with Gasteiger partial charge in [-0.3, -0.25) is 4.79 Å². The van der Waals surface area contributed by atoms with E-state index in [1.807, 2.05) is 35.7 Å². The van der Waals surface area contributed by atoms with Crippen LogP contribution in [0.1, 0.15) is 33.3 Å². The molecule has 0 amide bonds. The quantitative estimate of drug-likeness (QED) is 0.544. The van der Waals surface area contributed by atoms with Gasteiger partial charge in [0.2, 0.25) is 0 Å². The van der Waals surface area contributed by atoms with Gasteiger partial charge in [0.25, 0.3) is 5.78 Å². The third-order valence-corrected chi connectivity index (χ3v) is 5.91. The molecular weight excluding hydrogens is 360 g/mol. The Bertz CT molecular complexity index is 1130. The monoisotopic (exact) mass is 376 g/mol. The van der Waals surface area contributed by atoms with Gasteiger partial charge in [0.05, 0.1) is 18.4 Å². The van der Waals surface area contributed by atoms with Crippen LogP contribution in [0, 0.1) is 0 Å². The highest BCUT2D eigenvalue weighted by Crippen LogP contribution is 2.34. The minimum absolute atomic E-state index is 0.116. The average Bonchev–Trinajstić information content (AvgIpc) is 3.36. The van der Waals surface area contributed by atoms with Crippen LogP contribution in [0.25, 0.3) is 17.2 Å². The van der Waals surface area contributed by atoms with E-state index >= 15 is 0 Å². The Labute approximate surface area is 159 Å². The van der Waals surface area contributed by atoms with Crippen molar-refractivity contribution in [2.24, 2.45) is 0 Å². The standard InChI is InChI=1S/C20H16N4O2S/c1-26-14-6-4-12(5-7-14)19-22-20-21-16-9-13(18-3-2-8-27-18)10-17(25)15(16)11-24(20)23-19/h2-8,11,13H,9-10H2,1H3/t13-/m1/s1. The molecule has 0 radical (unpaired) electrons. The molecule has 0 spiro atoms. The van der Waals surface area contributed by atoms with Crippen molar-refractivity contribution in [3.05, 3.63) is 64.1 Å². The van der Waals surface area contributed by atoms with E-state index in [4.69, 9.17) is 4.74 Å². The maximum Gasteiger partial charge on any atom is 0.252 e. The number of benzene rings is 1. The summed E-state index contributed by atoms with van der Waals surface area (Å²) in [6, 6.07) is 11.7. The molecule has 0 bridgehead atoms. The zero-order valence-electron chi connectivity index (χ0n) is 14.6. The lowest BCUT2D eigenvalue weighted by Crippen LogP contribution is -2.20. The van der Waals surface area contributed by atoms with E-state index in [0.717, 1.165) is 23.4 Å². The summed E-state index contributed by atoms with van der Waals surface area (Å²) >= 11 is 1.69. The summed E-state index contributed by atoms with van der Waals surface area (Å²) in [5.41, 5.74) is 2.34.